The monoisotopic (exact) mass is 452 g/mol. The Kier molecular flexibility index (Phi) is 7.17. The molecule has 2 nitrogen and oxygen atoms in total. The van der Waals surface area contributed by atoms with Crippen LogP contribution < -0.4 is 4.74 Å². The summed E-state index contributed by atoms with van der Waals surface area (Å²) in [5.74, 6) is -1.71. The molecule has 1 atom stereocenters. The summed E-state index contributed by atoms with van der Waals surface area (Å²) < 4.78 is 48.1. The number of hydrogen-bond donors (Lipinski definition) is 0. The molecule has 3 aromatic carbocycles. The van der Waals surface area contributed by atoms with Gasteiger partial charge >= 0.3 is 5.97 Å². The maximum absolute atomic E-state index is 14.9. The lowest BCUT2D eigenvalue weighted by Crippen LogP contribution is -2.25. The Balaban J connectivity index is 1.37. The van der Waals surface area contributed by atoms with Gasteiger partial charge in [-0.05, 0) is 91.5 Å². The average Bonchev–Trinajstić information content (AvgIpc) is 2.83. The van der Waals surface area contributed by atoms with Crippen LogP contribution in [0.2, 0.25) is 0 Å². The number of carbonyl (C=O) groups is 1. The lowest BCUT2D eigenvalue weighted by Gasteiger charge is -2.28. The van der Waals surface area contributed by atoms with E-state index in [2.05, 4.69) is 0 Å². The normalized spacial score (nSPS) is 19.2. The molecular formula is C28H27F3O2. The molecule has 4 rings (SSSR count). The highest BCUT2D eigenvalue weighted by molar-refractivity contribution is 5.75. The molecule has 0 aromatic heterocycles. The van der Waals surface area contributed by atoms with Crippen molar-refractivity contribution in [3.05, 3.63) is 101 Å². The van der Waals surface area contributed by atoms with Gasteiger partial charge in [0, 0.05) is 5.56 Å². The van der Waals surface area contributed by atoms with E-state index in [0.717, 1.165) is 5.56 Å². The minimum absolute atomic E-state index is 0.00334. The van der Waals surface area contributed by atoms with Crippen LogP contribution in [0.5, 0.6) is 5.75 Å². The third kappa shape index (κ3) is 5.65. The summed E-state index contributed by atoms with van der Waals surface area (Å²) in [6.07, 6.45) is 2.77. The number of carbonyl (C=O) groups excluding carboxylic acids is 1. The van der Waals surface area contributed by atoms with E-state index in [1.165, 1.54) is 36.4 Å². The third-order valence-corrected chi connectivity index (χ3v) is 6.61. The van der Waals surface area contributed by atoms with Gasteiger partial charge in [-0.2, -0.15) is 0 Å². The molecule has 0 aliphatic heterocycles. The van der Waals surface area contributed by atoms with Crippen LogP contribution in [0, 0.1) is 23.4 Å². The highest BCUT2D eigenvalue weighted by Gasteiger charge is 2.29. The van der Waals surface area contributed by atoms with E-state index in [-0.39, 0.29) is 29.3 Å². The number of hydrogen-bond acceptors (Lipinski definition) is 2. The van der Waals surface area contributed by atoms with Gasteiger partial charge in [0.25, 0.3) is 0 Å². The van der Waals surface area contributed by atoms with Crippen LogP contribution >= 0.6 is 0 Å². The first-order valence-electron chi connectivity index (χ1n) is 11.4. The number of halogens is 3. The summed E-state index contributed by atoms with van der Waals surface area (Å²) >= 11 is 0. The molecule has 0 N–H and O–H groups in total. The molecule has 0 radical (unpaired) electrons. The highest BCUT2D eigenvalue weighted by atomic mass is 19.1. The van der Waals surface area contributed by atoms with Crippen LogP contribution in [0.15, 0.2) is 66.7 Å². The van der Waals surface area contributed by atoms with Gasteiger partial charge in [-0.3, -0.25) is 4.79 Å². The lowest BCUT2D eigenvalue weighted by atomic mass is 9.78. The first kappa shape index (κ1) is 23.1. The largest absolute Gasteiger partial charge is 0.426 e. The Morgan fingerprint density at radius 1 is 0.909 bits per heavy atom. The molecule has 0 unspecified atom stereocenters. The molecule has 1 aliphatic carbocycles. The maximum atomic E-state index is 14.9. The number of rotatable bonds is 6. The van der Waals surface area contributed by atoms with Crippen LogP contribution in [-0.4, -0.2) is 5.97 Å². The van der Waals surface area contributed by atoms with Gasteiger partial charge in [0.1, 0.15) is 23.2 Å². The lowest BCUT2D eigenvalue weighted by molar-refractivity contribution is -0.140. The zero-order valence-corrected chi connectivity index (χ0v) is 18.6. The van der Waals surface area contributed by atoms with Crippen molar-refractivity contribution in [1.82, 2.24) is 0 Å². The molecule has 0 amide bonds. The fourth-order valence-electron chi connectivity index (χ4n) is 4.62. The molecule has 5 heteroatoms. The first-order chi connectivity index (χ1) is 15.9. The second-order valence-corrected chi connectivity index (χ2v) is 8.90. The van der Waals surface area contributed by atoms with Crippen LogP contribution in [-0.2, 0) is 11.2 Å². The highest BCUT2D eigenvalue weighted by Crippen LogP contribution is 2.38. The predicted molar refractivity (Wildman–Crippen MR) is 122 cm³/mol. The minimum atomic E-state index is -0.509. The molecular weight excluding hydrogens is 425 g/mol. The molecule has 33 heavy (non-hydrogen) atoms. The predicted octanol–water partition coefficient (Wildman–Crippen LogP) is 7.33. The van der Waals surface area contributed by atoms with Gasteiger partial charge < -0.3 is 4.74 Å². The van der Waals surface area contributed by atoms with Crippen molar-refractivity contribution in [1.29, 1.82) is 0 Å². The van der Waals surface area contributed by atoms with E-state index in [0.29, 0.717) is 43.4 Å². The van der Waals surface area contributed by atoms with Gasteiger partial charge in [0.2, 0.25) is 0 Å². The molecule has 1 aliphatic rings. The summed E-state index contributed by atoms with van der Waals surface area (Å²) in [5.41, 5.74) is 1.81. The zero-order valence-electron chi connectivity index (χ0n) is 18.6. The Morgan fingerprint density at radius 3 is 2.12 bits per heavy atom. The van der Waals surface area contributed by atoms with Gasteiger partial charge in [-0.1, -0.05) is 37.3 Å². The molecule has 0 heterocycles. The molecule has 0 bridgehead atoms. The smallest absolute Gasteiger partial charge is 0.314 e. The molecule has 0 spiro atoms. The van der Waals surface area contributed by atoms with E-state index < -0.39 is 17.5 Å². The summed E-state index contributed by atoms with van der Waals surface area (Å²) in [5, 5.41) is 0. The van der Waals surface area contributed by atoms with Gasteiger partial charge in [-0.15, -0.1) is 0 Å². The third-order valence-electron chi connectivity index (χ3n) is 6.61. The Labute approximate surface area is 192 Å². The fraction of sp³-hybridized carbons (Fsp3) is 0.321. The second-order valence-electron chi connectivity index (χ2n) is 8.90. The minimum Gasteiger partial charge on any atom is -0.426 e. The summed E-state index contributed by atoms with van der Waals surface area (Å²) in [6, 6.07) is 17.9. The molecule has 172 valence electrons. The maximum Gasteiger partial charge on any atom is 0.314 e. The Morgan fingerprint density at radius 2 is 1.52 bits per heavy atom. The zero-order chi connectivity index (χ0) is 23.4. The van der Waals surface area contributed by atoms with Crippen molar-refractivity contribution in [2.45, 2.75) is 50.9 Å². The van der Waals surface area contributed by atoms with E-state index in [4.69, 9.17) is 4.74 Å². The van der Waals surface area contributed by atoms with E-state index >= 15 is 0 Å². The van der Waals surface area contributed by atoms with E-state index in [9.17, 15) is 18.0 Å². The fourth-order valence-corrected chi connectivity index (χ4v) is 4.62. The van der Waals surface area contributed by atoms with Gasteiger partial charge in [0.15, 0.2) is 0 Å². The van der Waals surface area contributed by atoms with Crippen molar-refractivity contribution >= 4 is 5.97 Å². The number of esters is 1. The van der Waals surface area contributed by atoms with Crippen molar-refractivity contribution in [2.75, 3.05) is 0 Å². The van der Waals surface area contributed by atoms with Crippen LogP contribution in [0.25, 0.3) is 0 Å². The summed E-state index contributed by atoms with van der Waals surface area (Å²) in [6.45, 7) is 1.97. The van der Waals surface area contributed by atoms with Gasteiger partial charge in [0.05, 0.1) is 5.92 Å². The Bertz CT molecular complexity index is 1060. The van der Waals surface area contributed by atoms with E-state index in [1.807, 2.05) is 37.3 Å². The quantitative estimate of drug-likeness (QED) is 0.289. The second kappa shape index (κ2) is 10.2. The summed E-state index contributed by atoms with van der Waals surface area (Å²) in [4.78, 5) is 12.4. The van der Waals surface area contributed by atoms with Crippen molar-refractivity contribution in [3.8, 4) is 5.75 Å². The number of benzene rings is 3. The summed E-state index contributed by atoms with van der Waals surface area (Å²) in [7, 11) is 0. The topological polar surface area (TPSA) is 26.3 Å². The van der Waals surface area contributed by atoms with Gasteiger partial charge in [-0.25, -0.2) is 13.2 Å². The Hall–Kier alpha value is -3.08. The molecule has 3 aromatic rings. The molecule has 1 fully saturated rings. The average molecular weight is 453 g/mol. The van der Waals surface area contributed by atoms with Crippen molar-refractivity contribution < 1.29 is 22.7 Å². The molecule has 1 saturated carbocycles. The van der Waals surface area contributed by atoms with Crippen molar-refractivity contribution in [3.63, 3.8) is 0 Å². The van der Waals surface area contributed by atoms with Crippen LogP contribution in [0.1, 0.15) is 61.1 Å². The van der Waals surface area contributed by atoms with Crippen LogP contribution in [0.4, 0.5) is 13.2 Å². The first-order valence-corrected chi connectivity index (χ1v) is 11.4. The SMILES string of the molecule is C[C@@H](Cc1c(F)cc(C2CCC(C(=O)Oc3ccc(F)cc3)CC2)cc1F)c1ccccc1. The standard InChI is InChI=1S/C28H27F3O2/c1-18(19-5-3-2-4-6-19)15-25-26(30)16-22(17-27(25)31)20-7-9-21(10-8-20)28(32)33-24-13-11-23(29)12-14-24/h2-6,11-14,16-18,20-21H,7-10,15H2,1H3/t18-,20?,21?/m0/s1. The number of ether oxygens (including phenoxy) is 1. The van der Waals surface area contributed by atoms with E-state index in [1.54, 1.807) is 0 Å². The molecule has 0 saturated heterocycles. The van der Waals surface area contributed by atoms with Crippen molar-refractivity contribution in [2.24, 2.45) is 5.92 Å². The van der Waals surface area contributed by atoms with Crippen LogP contribution in [0.3, 0.4) is 0 Å².